The van der Waals surface area contributed by atoms with Crippen molar-refractivity contribution in [1.29, 1.82) is 0 Å². The molecule has 0 bridgehead atoms. The molecule has 0 spiro atoms. The Morgan fingerprint density at radius 3 is 3.45 bits per heavy atom. The Balaban J connectivity index is 2.32. The highest BCUT2D eigenvalue weighted by molar-refractivity contribution is 5.18. The average Bonchev–Trinajstić information content (AvgIpc) is 2.50. The second-order valence-corrected chi connectivity index (χ2v) is 3.00. The van der Waals surface area contributed by atoms with E-state index in [4.69, 9.17) is 0 Å². The Morgan fingerprint density at radius 1 is 1.73 bits per heavy atom. The second kappa shape index (κ2) is 2.66. The molecule has 0 unspecified atom stereocenters. The highest BCUT2D eigenvalue weighted by Gasteiger charge is 2.20. The first kappa shape index (κ1) is 6.85. The van der Waals surface area contributed by atoms with Gasteiger partial charge in [-0.05, 0) is 26.3 Å². The molecule has 3 nitrogen and oxygen atoms in total. The summed E-state index contributed by atoms with van der Waals surface area (Å²) in [6.07, 6.45) is 5.43. The van der Waals surface area contributed by atoms with Crippen LogP contribution in [-0.2, 0) is 6.42 Å². The van der Waals surface area contributed by atoms with Gasteiger partial charge in [0.15, 0.2) is 0 Å². The SMILES string of the molecule is CN[C@@H]1CCCc2[nH]cnc21. The van der Waals surface area contributed by atoms with Crippen LogP contribution in [0.2, 0.25) is 0 Å². The van der Waals surface area contributed by atoms with Gasteiger partial charge in [0.25, 0.3) is 0 Å². The lowest BCUT2D eigenvalue weighted by Crippen LogP contribution is -2.21. The topological polar surface area (TPSA) is 40.7 Å². The summed E-state index contributed by atoms with van der Waals surface area (Å²) in [5, 5.41) is 3.26. The van der Waals surface area contributed by atoms with Gasteiger partial charge in [0.1, 0.15) is 0 Å². The third-order valence-electron chi connectivity index (χ3n) is 2.35. The number of nitrogens with one attached hydrogen (secondary N) is 2. The number of aromatic nitrogens is 2. The van der Waals surface area contributed by atoms with Gasteiger partial charge in [-0.25, -0.2) is 4.98 Å². The molecule has 2 N–H and O–H groups in total. The zero-order chi connectivity index (χ0) is 7.68. The van der Waals surface area contributed by atoms with Crippen LogP contribution in [0.25, 0.3) is 0 Å². The van der Waals surface area contributed by atoms with Crippen molar-refractivity contribution < 1.29 is 0 Å². The molecule has 0 saturated heterocycles. The van der Waals surface area contributed by atoms with Gasteiger partial charge >= 0.3 is 0 Å². The van der Waals surface area contributed by atoms with Crippen LogP contribution in [0, 0.1) is 0 Å². The number of imidazole rings is 1. The summed E-state index contributed by atoms with van der Waals surface area (Å²) < 4.78 is 0. The molecular weight excluding hydrogens is 138 g/mol. The fourth-order valence-corrected chi connectivity index (χ4v) is 1.73. The van der Waals surface area contributed by atoms with Crippen molar-refractivity contribution in [3.8, 4) is 0 Å². The van der Waals surface area contributed by atoms with Crippen LogP contribution in [0.1, 0.15) is 30.3 Å². The maximum Gasteiger partial charge on any atom is 0.0925 e. The van der Waals surface area contributed by atoms with Crippen LogP contribution in [0.4, 0.5) is 0 Å². The second-order valence-electron chi connectivity index (χ2n) is 3.00. The van der Waals surface area contributed by atoms with E-state index in [1.54, 1.807) is 6.33 Å². The van der Waals surface area contributed by atoms with E-state index in [1.807, 2.05) is 7.05 Å². The Labute approximate surface area is 66.2 Å². The number of rotatable bonds is 1. The first-order chi connectivity index (χ1) is 5.42. The van der Waals surface area contributed by atoms with Crippen molar-refractivity contribution >= 4 is 0 Å². The standard InChI is InChI=1S/C8H13N3/c1-9-6-3-2-4-7-8(6)11-5-10-7/h5-6,9H,2-4H2,1H3,(H,10,11)/t6-/m1/s1. The summed E-state index contributed by atoms with van der Waals surface area (Å²) in [5.41, 5.74) is 2.54. The lowest BCUT2D eigenvalue weighted by Gasteiger charge is -2.19. The summed E-state index contributed by atoms with van der Waals surface area (Å²) in [4.78, 5) is 7.46. The van der Waals surface area contributed by atoms with Crippen LogP contribution in [-0.4, -0.2) is 17.0 Å². The fraction of sp³-hybridized carbons (Fsp3) is 0.625. The van der Waals surface area contributed by atoms with Gasteiger partial charge in [-0.1, -0.05) is 0 Å². The normalized spacial score (nSPS) is 23.2. The lowest BCUT2D eigenvalue weighted by atomic mass is 9.96. The number of H-pyrrole nitrogens is 1. The maximum absolute atomic E-state index is 4.29. The Bertz CT molecular complexity index is 241. The van der Waals surface area contributed by atoms with E-state index in [1.165, 1.54) is 24.2 Å². The summed E-state index contributed by atoms with van der Waals surface area (Å²) in [7, 11) is 1.99. The van der Waals surface area contributed by atoms with Crippen molar-refractivity contribution in [2.45, 2.75) is 25.3 Å². The molecule has 1 atom stereocenters. The predicted molar refractivity (Wildman–Crippen MR) is 43.3 cm³/mol. The van der Waals surface area contributed by atoms with Crippen LogP contribution in [0.15, 0.2) is 6.33 Å². The van der Waals surface area contributed by atoms with Crippen molar-refractivity contribution in [3.05, 3.63) is 17.7 Å². The molecule has 0 fully saturated rings. The van der Waals surface area contributed by atoms with E-state index in [0.29, 0.717) is 6.04 Å². The Morgan fingerprint density at radius 2 is 2.64 bits per heavy atom. The fourth-order valence-electron chi connectivity index (χ4n) is 1.73. The molecule has 0 saturated carbocycles. The summed E-state index contributed by atoms with van der Waals surface area (Å²) in [5.74, 6) is 0. The molecule has 0 aliphatic heterocycles. The van der Waals surface area contributed by atoms with Gasteiger partial charge in [0.05, 0.1) is 18.1 Å². The van der Waals surface area contributed by atoms with E-state index >= 15 is 0 Å². The van der Waals surface area contributed by atoms with E-state index in [9.17, 15) is 0 Å². The van der Waals surface area contributed by atoms with Crippen LogP contribution in [0.3, 0.4) is 0 Å². The third kappa shape index (κ3) is 1.05. The lowest BCUT2D eigenvalue weighted by molar-refractivity contribution is 0.484. The van der Waals surface area contributed by atoms with Gasteiger partial charge in [-0.2, -0.15) is 0 Å². The van der Waals surface area contributed by atoms with E-state index < -0.39 is 0 Å². The maximum atomic E-state index is 4.29. The molecule has 0 amide bonds. The summed E-state index contributed by atoms with van der Waals surface area (Å²) in [6.45, 7) is 0. The molecule has 0 aromatic carbocycles. The quantitative estimate of drug-likeness (QED) is 0.628. The largest absolute Gasteiger partial charge is 0.348 e. The minimum absolute atomic E-state index is 0.477. The molecule has 1 aliphatic carbocycles. The molecule has 0 radical (unpaired) electrons. The molecular formula is C8H13N3. The van der Waals surface area contributed by atoms with Crippen LogP contribution < -0.4 is 5.32 Å². The molecule has 1 aromatic rings. The van der Waals surface area contributed by atoms with Crippen LogP contribution >= 0.6 is 0 Å². The highest BCUT2D eigenvalue weighted by atomic mass is 15.0. The van der Waals surface area contributed by atoms with Crippen molar-refractivity contribution in [1.82, 2.24) is 15.3 Å². The zero-order valence-corrected chi connectivity index (χ0v) is 6.72. The minimum atomic E-state index is 0.477. The predicted octanol–water partition coefficient (Wildman–Crippen LogP) is 1.01. The smallest absolute Gasteiger partial charge is 0.0925 e. The molecule has 1 heterocycles. The number of aromatic amines is 1. The van der Waals surface area contributed by atoms with Crippen molar-refractivity contribution in [2.24, 2.45) is 0 Å². The number of hydrogen-bond donors (Lipinski definition) is 2. The van der Waals surface area contributed by atoms with E-state index in [0.717, 1.165) is 6.42 Å². The number of nitrogens with zero attached hydrogens (tertiary/aromatic N) is 1. The number of aryl methyl sites for hydroxylation is 1. The molecule has 1 aliphatic rings. The van der Waals surface area contributed by atoms with Gasteiger partial charge in [0, 0.05) is 5.69 Å². The zero-order valence-electron chi connectivity index (χ0n) is 6.72. The molecule has 2 rings (SSSR count). The average molecular weight is 151 g/mol. The van der Waals surface area contributed by atoms with Crippen molar-refractivity contribution in [2.75, 3.05) is 7.05 Å². The van der Waals surface area contributed by atoms with Gasteiger partial charge in [0.2, 0.25) is 0 Å². The molecule has 3 heteroatoms. The number of fused-ring (bicyclic) bond motifs is 1. The van der Waals surface area contributed by atoms with Gasteiger partial charge in [-0.15, -0.1) is 0 Å². The van der Waals surface area contributed by atoms with E-state index in [2.05, 4.69) is 15.3 Å². The van der Waals surface area contributed by atoms with Crippen molar-refractivity contribution in [3.63, 3.8) is 0 Å². The number of hydrogen-bond acceptors (Lipinski definition) is 2. The molecule has 11 heavy (non-hydrogen) atoms. The monoisotopic (exact) mass is 151 g/mol. The Kier molecular flexibility index (Phi) is 1.66. The summed E-state index contributed by atoms with van der Waals surface area (Å²) in [6, 6.07) is 0.477. The van der Waals surface area contributed by atoms with Gasteiger partial charge < -0.3 is 10.3 Å². The first-order valence-corrected chi connectivity index (χ1v) is 4.11. The third-order valence-corrected chi connectivity index (χ3v) is 2.35. The highest BCUT2D eigenvalue weighted by Crippen LogP contribution is 2.25. The van der Waals surface area contributed by atoms with Crippen LogP contribution in [0.5, 0.6) is 0 Å². The van der Waals surface area contributed by atoms with E-state index in [-0.39, 0.29) is 0 Å². The van der Waals surface area contributed by atoms with Gasteiger partial charge in [-0.3, -0.25) is 0 Å². The minimum Gasteiger partial charge on any atom is -0.348 e. The molecule has 1 aromatic heterocycles. The summed E-state index contributed by atoms with van der Waals surface area (Å²) >= 11 is 0. The molecule has 60 valence electrons. The Hall–Kier alpha value is -0.830. The first-order valence-electron chi connectivity index (χ1n) is 4.11.